The molecule has 0 bridgehead atoms. The maximum absolute atomic E-state index is 12.8. The maximum Gasteiger partial charge on any atom is 0.259 e. The molecule has 2 aromatic carbocycles. The Morgan fingerprint density at radius 3 is 2.58 bits per heavy atom. The number of anilines is 1. The van der Waals surface area contributed by atoms with E-state index >= 15 is 0 Å². The number of nitrogens with one attached hydrogen (secondary N) is 1. The van der Waals surface area contributed by atoms with Crippen LogP contribution in [0.25, 0.3) is 0 Å². The molecular formula is C21H24BrNO3. The van der Waals surface area contributed by atoms with Gasteiger partial charge in [0.25, 0.3) is 5.91 Å². The van der Waals surface area contributed by atoms with E-state index in [0.29, 0.717) is 41.9 Å². The molecule has 0 aliphatic heterocycles. The third-order valence-electron chi connectivity index (χ3n) is 3.37. The van der Waals surface area contributed by atoms with Gasteiger partial charge in [-0.05, 0) is 48.7 Å². The number of hydrogen-bond donors (Lipinski definition) is 1. The van der Waals surface area contributed by atoms with E-state index in [4.69, 9.17) is 9.47 Å². The first-order valence-electron chi connectivity index (χ1n) is 8.46. The van der Waals surface area contributed by atoms with E-state index in [1.165, 1.54) is 0 Å². The number of halogens is 1. The van der Waals surface area contributed by atoms with Crippen molar-refractivity contribution >= 4 is 27.5 Å². The van der Waals surface area contributed by atoms with Crippen LogP contribution in [0, 0.1) is 5.92 Å². The van der Waals surface area contributed by atoms with Gasteiger partial charge in [0.2, 0.25) is 0 Å². The molecule has 26 heavy (non-hydrogen) atoms. The van der Waals surface area contributed by atoms with Crippen LogP contribution in [-0.2, 0) is 0 Å². The minimum absolute atomic E-state index is 0.253. The standard InChI is InChI=1S/C21H24BrNO3/c1-14(2)12-25-19-10-9-16(22)11-17(19)21(24)23-18-7-5-6-8-20(18)26-13-15(3)4/h5-11,14H,3,12-13H2,1-2,4H3,(H,23,24). The van der Waals surface area contributed by atoms with Crippen LogP contribution in [0.2, 0.25) is 0 Å². The molecule has 5 heteroatoms. The fourth-order valence-corrected chi connectivity index (χ4v) is 2.51. The van der Waals surface area contributed by atoms with Crippen molar-refractivity contribution in [3.63, 3.8) is 0 Å². The van der Waals surface area contributed by atoms with Gasteiger partial charge in [0.1, 0.15) is 18.1 Å². The second kappa shape index (κ2) is 9.43. The van der Waals surface area contributed by atoms with Crippen LogP contribution in [0.1, 0.15) is 31.1 Å². The number of rotatable bonds is 8. The Bertz CT molecular complexity index is 787. The first kappa shape index (κ1) is 20.0. The smallest absolute Gasteiger partial charge is 0.259 e. The molecule has 4 nitrogen and oxygen atoms in total. The van der Waals surface area contributed by atoms with Crippen molar-refractivity contribution in [2.24, 2.45) is 5.92 Å². The molecule has 0 atom stereocenters. The highest BCUT2D eigenvalue weighted by Crippen LogP contribution is 2.28. The minimum atomic E-state index is -0.253. The lowest BCUT2D eigenvalue weighted by molar-refractivity contribution is 0.102. The molecule has 0 radical (unpaired) electrons. The van der Waals surface area contributed by atoms with E-state index in [-0.39, 0.29) is 5.91 Å². The third-order valence-corrected chi connectivity index (χ3v) is 3.86. The lowest BCUT2D eigenvalue weighted by Gasteiger charge is -2.15. The fraction of sp³-hybridized carbons (Fsp3) is 0.286. The van der Waals surface area contributed by atoms with Crippen LogP contribution in [0.5, 0.6) is 11.5 Å². The van der Waals surface area contributed by atoms with Gasteiger partial charge in [-0.3, -0.25) is 4.79 Å². The summed E-state index contributed by atoms with van der Waals surface area (Å²) in [4.78, 5) is 12.8. The Hall–Kier alpha value is -2.27. The first-order valence-corrected chi connectivity index (χ1v) is 9.26. The first-order chi connectivity index (χ1) is 12.4. The Balaban J connectivity index is 2.22. The van der Waals surface area contributed by atoms with Gasteiger partial charge in [-0.2, -0.15) is 0 Å². The molecule has 138 valence electrons. The fourth-order valence-electron chi connectivity index (χ4n) is 2.15. The van der Waals surface area contributed by atoms with Crippen LogP contribution in [0.4, 0.5) is 5.69 Å². The number of benzene rings is 2. The van der Waals surface area contributed by atoms with Crippen molar-refractivity contribution in [2.45, 2.75) is 20.8 Å². The zero-order valence-electron chi connectivity index (χ0n) is 15.3. The molecule has 0 fully saturated rings. The van der Waals surface area contributed by atoms with Crippen molar-refractivity contribution in [1.29, 1.82) is 0 Å². The molecule has 0 spiro atoms. The highest BCUT2D eigenvalue weighted by Gasteiger charge is 2.16. The molecule has 0 saturated heterocycles. The number of amides is 1. The van der Waals surface area contributed by atoms with E-state index in [9.17, 15) is 4.79 Å². The lowest BCUT2D eigenvalue weighted by atomic mass is 10.1. The van der Waals surface area contributed by atoms with Crippen molar-refractivity contribution in [2.75, 3.05) is 18.5 Å². The van der Waals surface area contributed by atoms with Crippen molar-refractivity contribution in [3.05, 3.63) is 64.7 Å². The Labute approximate surface area is 163 Å². The van der Waals surface area contributed by atoms with E-state index in [0.717, 1.165) is 10.0 Å². The SMILES string of the molecule is C=C(C)COc1ccccc1NC(=O)c1cc(Br)ccc1OCC(C)C. The molecule has 0 unspecified atom stereocenters. The molecule has 0 aromatic heterocycles. The Morgan fingerprint density at radius 2 is 1.88 bits per heavy atom. The van der Waals surface area contributed by atoms with Crippen molar-refractivity contribution < 1.29 is 14.3 Å². The summed E-state index contributed by atoms with van der Waals surface area (Å²) in [6.07, 6.45) is 0. The largest absolute Gasteiger partial charge is 0.492 e. The van der Waals surface area contributed by atoms with E-state index in [1.54, 1.807) is 18.2 Å². The van der Waals surface area contributed by atoms with Crippen molar-refractivity contribution in [1.82, 2.24) is 0 Å². The van der Waals surface area contributed by atoms with Gasteiger partial charge < -0.3 is 14.8 Å². The second-order valence-corrected chi connectivity index (χ2v) is 7.46. The quantitative estimate of drug-likeness (QED) is 0.560. The van der Waals surface area contributed by atoms with Crippen LogP contribution in [0.3, 0.4) is 0 Å². The number of ether oxygens (including phenoxy) is 2. The van der Waals surface area contributed by atoms with Crippen LogP contribution in [0.15, 0.2) is 59.1 Å². The van der Waals surface area contributed by atoms with Gasteiger partial charge >= 0.3 is 0 Å². The predicted octanol–water partition coefficient (Wildman–Crippen LogP) is 5.69. The molecule has 1 N–H and O–H groups in total. The highest BCUT2D eigenvalue weighted by molar-refractivity contribution is 9.10. The summed E-state index contributed by atoms with van der Waals surface area (Å²) in [5, 5.41) is 2.91. The van der Waals surface area contributed by atoms with E-state index < -0.39 is 0 Å². The average molecular weight is 418 g/mol. The average Bonchev–Trinajstić information content (AvgIpc) is 2.59. The number of para-hydroxylation sites is 2. The molecular weight excluding hydrogens is 394 g/mol. The number of carbonyl (C=O) groups is 1. The lowest BCUT2D eigenvalue weighted by Crippen LogP contribution is -2.16. The topological polar surface area (TPSA) is 47.6 Å². The number of carbonyl (C=O) groups excluding carboxylic acids is 1. The zero-order valence-corrected chi connectivity index (χ0v) is 16.9. The van der Waals surface area contributed by atoms with Gasteiger partial charge in [0.05, 0.1) is 17.9 Å². The minimum Gasteiger partial charge on any atom is -0.492 e. The summed E-state index contributed by atoms with van der Waals surface area (Å²) >= 11 is 3.42. The second-order valence-electron chi connectivity index (χ2n) is 6.54. The van der Waals surface area contributed by atoms with Crippen molar-refractivity contribution in [3.8, 4) is 11.5 Å². The van der Waals surface area contributed by atoms with E-state index in [1.807, 2.05) is 31.2 Å². The van der Waals surface area contributed by atoms with E-state index in [2.05, 4.69) is 41.7 Å². The summed E-state index contributed by atoms with van der Waals surface area (Å²) in [6, 6.07) is 12.7. The summed E-state index contributed by atoms with van der Waals surface area (Å²) in [6.45, 7) is 10.8. The Kier molecular flexibility index (Phi) is 7.27. The molecule has 0 aliphatic rings. The summed E-state index contributed by atoms with van der Waals surface area (Å²) in [5.74, 6) is 1.27. The van der Waals surface area contributed by atoms with Crippen LogP contribution in [-0.4, -0.2) is 19.1 Å². The molecule has 2 rings (SSSR count). The summed E-state index contributed by atoms with van der Waals surface area (Å²) in [7, 11) is 0. The van der Waals surface area contributed by atoms with Gasteiger partial charge in [-0.25, -0.2) is 0 Å². The normalized spacial score (nSPS) is 10.5. The van der Waals surface area contributed by atoms with Crippen LogP contribution < -0.4 is 14.8 Å². The van der Waals surface area contributed by atoms with Gasteiger partial charge in [-0.1, -0.05) is 48.5 Å². The van der Waals surface area contributed by atoms with Crippen LogP contribution >= 0.6 is 15.9 Å². The monoisotopic (exact) mass is 417 g/mol. The maximum atomic E-state index is 12.8. The zero-order chi connectivity index (χ0) is 19.1. The molecule has 0 heterocycles. The van der Waals surface area contributed by atoms with Gasteiger partial charge in [0, 0.05) is 4.47 Å². The van der Waals surface area contributed by atoms with Gasteiger partial charge in [-0.15, -0.1) is 0 Å². The highest BCUT2D eigenvalue weighted by atomic mass is 79.9. The predicted molar refractivity (Wildman–Crippen MR) is 109 cm³/mol. The molecule has 2 aromatic rings. The molecule has 0 aliphatic carbocycles. The Morgan fingerprint density at radius 1 is 1.15 bits per heavy atom. The third kappa shape index (κ3) is 5.92. The summed E-state index contributed by atoms with van der Waals surface area (Å²) < 4.78 is 12.3. The molecule has 1 amide bonds. The van der Waals surface area contributed by atoms with Gasteiger partial charge in [0.15, 0.2) is 0 Å². The summed E-state index contributed by atoms with van der Waals surface area (Å²) in [5.41, 5.74) is 1.98. The number of hydrogen-bond acceptors (Lipinski definition) is 3. The molecule has 0 saturated carbocycles.